The molecule has 1 atom stereocenters. The second-order valence-electron chi connectivity index (χ2n) is 6.85. The monoisotopic (exact) mass is 421 g/mol. The molecule has 3 aromatic rings. The maximum absolute atomic E-state index is 12.3. The van der Waals surface area contributed by atoms with Gasteiger partial charge in [-0.15, -0.1) is 11.3 Å². The summed E-state index contributed by atoms with van der Waals surface area (Å²) < 4.78 is 0. The lowest BCUT2D eigenvalue weighted by atomic mass is 10.1. The molecule has 154 valence electrons. The largest absolute Gasteiger partial charge is 0.394 e. The molecule has 6 nitrogen and oxygen atoms in total. The number of anilines is 1. The molecule has 0 aliphatic rings. The lowest BCUT2D eigenvalue weighted by Crippen LogP contribution is -2.34. The maximum atomic E-state index is 12.3. The third kappa shape index (κ3) is 4.69. The second kappa shape index (κ2) is 9.55. The summed E-state index contributed by atoms with van der Waals surface area (Å²) in [4.78, 5) is 14.2. The molecule has 0 spiro atoms. The second-order valence-corrected chi connectivity index (χ2v) is 7.93. The van der Waals surface area contributed by atoms with Crippen LogP contribution in [0.4, 0.5) is 5.69 Å². The van der Waals surface area contributed by atoms with Crippen molar-refractivity contribution in [3.8, 4) is 16.5 Å². The van der Waals surface area contributed by atoms with E-state index < -0.39 is 18.6 Å². The average Bonchev–Trinajstić information content (AvgIpc) is 3.27. The number of nitriles is 1. The van der Waals surface area contributed by atoms with E-state index in [0.717, 1.165) is 31.8 Å². The van der Waals surface area contributed by atoms with Crippen LogP contribution in [-0.4, -0.2) is 42.4 Å². The van der Waals surface area contributed by atoms with Crippen LogP contribution in [0.5, 0.6) is 0 Å². The van der Waals surface area contributed by atoms with Gasteiger partial charge in [0.1, 0.15) is 11.6 Å². The number of nitrogens with zero attached hydrogens (tertiary/aromatic N) is 1. The van der Waals surface area contributed by atoms with Crippen LogP contribution in [0.3, 0.4) is 0 Å². The number of hydrogen-bond donors (Lipinski definition) is 4. The number of fused-ring (bicyclic) bond motifs is 1. The Hall–Kier alpha value is -3.18. The van der Waals surface area contributed by atoms with Gasteiger partial charge in [-0.1, -0.05) is 18.2 Å². The van der Waals surface area contributed by atoms with Crippen molar-refractivity contribution < 1.29 is 15.0 Å². The molecule has 0 saturated carbocycles. The summed E-state index contributed by atoms with van der Waals surface area (Å²) in [6.07, 6.45) is -1.06. The minimum absolute atomic E-state index is 0.00773. The summed E-state index contributed by atoms with van der Waals surface area (Å²) in [5.41, 5.74) is 2.69. The van der Waals surface area contributed by atoms with Crippen LogP contribution in [0, 0.1) is 11.3 Å². The van der Waals surface area contributed by atoms with Gasteiger partial charge in [0.2, 0.25) is 0 Å². The molecule has 0 bridgehead atoms. The molecule has 0 fully saturated rings. The summed E-state index contributed by atoms with van der Waals surface area (Å²) in [5.74, 6) is -0.566. The fourth-order valence-electron chi connectivity index (χ4n) is 3.04. The Balaban J connectivity index is 1.87. The average molecular weight is 422 g/mol. The predicted molar refractivity (Wildman–Crippen MR) is 121 cm³/mol. The van der Waals surface area contributed by atoms with Crippen molar-refractivity contribution in [1.82, 2.24) is 5.32 Å². The number of rotatable bonds is 7. The van der Waals surface area contributed by atoms with Gasteiger partial charge in [-0.3, -0.25) is 4.79 Å². The van der Waals surface area contributed by atoms with Crippen molar-refractivity contribution >= 4 is 39.3 Å². The number of aliphatic hydroxyl groups is 2. The zero-order valence-corrected chi connectivity index (χ0v) is 17.6. The van der Waals surface area contributed by atoms with Gasteiger partial charge < -0.3 is 20.8 Å². The molecule has 0 saturated heterocycles. The van der Waals surface area contributed by atoms with Crippen molar-refractivity contribution in [1.29, 1.82) is 5.26 Å². The van der Waals surface area contributed by atoms with Gasteiger partial charge in [-0.2, -0.15) is 5.26 Å². The molecular weight excluding hydrogens is 398 g/mol. The molecule has 1 amide bonds. The number of carbonyl (C=O) groups is 1. The Kier molecular flexibility index (Phi) is 6.85. The number of allylic oxidation sites excluding steroid dienone is 1. The highest BCUT2D eigenvalue weighted by molar-refractivity contribution is 7.16. The number of aliphatic hydroxyl groups excluding tert-OH is 2. The molecule has 2 aromatic carbocycles. The summed E-state index contributed by atoms with van der Waals surface area (Å²) in [6.45, 7) is 1.16. The minimum Gasteiger partial charge on any atom is -0.394 e. The Labute approximate surface area is 179 Å². The molecule has 1 heterocycles. The molecule has 0 aliphatic carbocycles. The van der Waals surface area contributed by atoms with E-state index in [1.54, 1.807) is 6.92 Å². The van der Waals surface area contributed by atoms with Crippen molar-refractivity contribution in [2.45, 2.75) is 13.0 Å². The molecule has 1 aromatic heterocycles. The summed E-state index contributed by atoms with van der Waals surface area (Å²) >= 11 is 1.51. The van der Waals surface area contributed by atoms with Crippen molar-refractivity contribution in [3.05, 3.63) is 59.0 Å². The summed E-state index contributed by atoms with van der Waals surface area (Å²) in [7, 11) is 1.89. The zero-order valence-electron chi connectivity index (χ0n) is 16.8. The number of nitrogens with one attached hydrogen (secondary N) is 2. The smallest absolute Gasteiger partial charge is 0.262 e. The fraction of sp³-hybridized carbons (Fsp3) is 0.217. The fourth-order valence-corrected chi connectivity index (χ4v) is 4.05. The van der Waals surface area contributed by atoms with E-state index in [1.807, 2.05) is 31.3 Å². The highest BCUT2D eigenvalue weighted by Crippen LogP contribution is 2.34. The van der Waals surface area contributed by atoms with Gasteiger partial charge in [-0.05, 0) is 59.2 Å². The van der Waals surface area contributed by atoms with E-state index >= 15 is 0 Å². The molecule has 7 heteroatoms. The number of carbonyl (C=O) groups excluding carboxylic acids is 1. The van der Waals surface area contributed by atoms with Gasteiger partial charge in [0, 0.05) is 29.0 Å². The van der Waals surface area contributed by atoms with E-state index in [2.05, 4.69) is 41.0 Å². The van der Waals surface area contributed by atoms with Crippen molar-refractivity contribution in [2.24, 2.45) is 0 Å². The quantitative estimate of drug-likeness (QED) is 0.346. The third-order valence-corrected chi connectivity index (χ3v) is 6.07. The molecule has 0 aliphatic heterocycles. The predicted octanol–water partition coefficient (Wildman–Crippen LogP) is 3.38. The van der Waals surface area contributed by atoms with Crippen LogP contribution in [0.15, 0.2) is 54.1 Å². The first-order valence-electron chi connectivity index (χ1n) is 9.47. The van der Waals surface area contributed by atoms with E-state index in [9.17, 15) is 15.2 Å². The van der Waals surface area contributed by atoms with Gasteiger partial charge in [-0.25, -0.2) is 0 Å². The summed E-state index contributed by atoms with van der Waals surface area (Å²) in [5, 5.41) is 35.6. The highest BCUT2D eigenvalue weighted by Gasteiger charge is 2.16. The van der Waals surface area contributed by atoms with E-state index in [4.69, 9.17) is 5.11 Å². The highest BCUT2D eigenvalue weighted by atomic mass is 32.1. The Morgan fingerprint density at radius 1 is 1.17 bits per heavy atom. The third-order valence-electron chi connectivity index (χ3n) is 4.81. The molecule has 3 rings (SSSR count). The standard InChI is InChI=1S/C23H23N3O3S/c1-14(20(11-24)23(29)26-12-19(28)13-27)21-7-8-22(30-21)17-4-3-16-10-18(25-2)6-5-15(16)9-17/h3-10,19,25,27-28H,12-13H2,1-2H3,(H,26,29). The number of benzene rings is 2. The van der Waals surface area contributed by atoms with Crippen LogP contribution in [0.1, 0.15) is 11.8 Å². The first-order chi connectivity index (χ1) is 14.5. The van der Waals surface area contributed by atoms with Gasteiger partial charge in [0.05, 0.1) is 12.7 Å². The normalized spacial score (nSPS) is 12.8. The Bertz CT molecular complexity index is 1140. The SMILES string of the molecule is CNc1ccc2cc(-c3ccc(C(C)=C(C#N)C(=O)NCC(O)CO)s3)ccc2c1. The van der Waals surface area contributed by atoms with Crippen molar-refractivity contribution in [2.75, 3.05) is 25.5 Å². The van der Waals surface area contributed by atoms with E-state index in [0.29, 0.717) is 5.57 Å². The molecule has 1 unspecified atom stereocenters. The first-order valence-corrected chi connectivity index (χ1v) is 10.3. The molecule has 4 N–H and O–H groups in total. The maximum Gasteiger partial charge on any atom is 0.262 e. The number of hydrogen-bond acceptors (Lipinski definition) is 6. The molecule has 30 heavy (non-hydrogen) atoms. The molecule has 0 radical (unpaired) electrons. The topological polar surface area (TPSA) is 105 Å². The van der Waals surface area contributed by atoms with Crippen LogP contribution >= 0.6 is 11.3 Å². The van der Waals surface area contributed by atoms with Gasteiger partial charge >= 0.3 is 0 Å². The van der Waals surface area contributed by atoms with Gasteiger partial charge in [0.25, 0.3) is 5.91 Å². The lowest BCUT2D eigenvalue weighted by molar-refractivity contribution is -0.117. The minimum atomic E-state index is -1.06. The van der Waals surface area contributed by atoms with Crippen LogP contribution in [0.2, 0.25) is 0 Å². The number of amides is 1. The number of thiophene rings is 1. The van der Waals surface area contributed by atoms with E-state index in [1.165, 1.54) is 11.3 Å². The first kappa shape index (κ1) is 21.5. The van der Waals surface area contributed by atoms with Crippen LogP contribution < -0.4 is 10.6 Å². The van der Waals surface area contributed by atoms with Crippen LogP contribution in [0.25, 0.3) is 26.8 Å². The van der Waals surface area contributed by atoms with Crippen LogP contribution in [-0.2, 0) is 4.79 Å². The van der Waals surface area contributed by atoms with Crippen molar-refractivity contribution in [3.63, 3.8) is 0 Å². The summed E-state index contributed by atoms with van der Waals surface area (Å²) in [6, 6.07) is 18.3. The molecular formula is C23H23N3O3S. The lowest BCUT2D eigenvalue weighted by Gasteiger charge is -2.09. The Morgan fingerprint density at radius 2 is 1.90 bits per heavy atom. The Morgan fingerprint density at radius 3 is 2.60 bits per heavy atom. The zero-order chi connectivity index (χ0) is 21.7. The van der Waals surface area contributed by atoms with E-state index in [-0.39, 0.29) is 12.1 Å². The van der Waals surface area contributed by atoms with Gasteiger partial charge in [0.15, 0.2) is 0 Å².